The highest BCUT2D eigenvalue weighted by Crippen LogP contribution is 2.47. The average Bonchev–Trinajstić information content (AvgIpc) is 2.58. The summed E-state index contributed by atoms with van der Waals surface area (Å²) in [5.41, 5.74) is 8.49. The van der Waals surface area contributed by atoms with Crippen LogP contribution in [0.25, 0.3) is 11.1 Å². The molecule has 3 rings (SSSR count). The lowest BCUT2D eigenvalue weighted by Crippen LogP contribution is -2.40. The molecule has 0 spiro atoms. The van der Waals surface area contributed by atoms with Gasteiger partial charge in [-0.15, -0.1) is 0 Å². The van der Waals surface area contributed by atoms with E-state index in [2.05, 4.69) is 88.6 Å². The van der Waals surface area contributed by atoms with Gasteiger partial charge in [0.2, 0.25) is 0 Å². The van der Waals surface area contributed by atoms with Crippen molar-refractivity contribution in [2.24, 2.45) is 11.8 Å². The summed E-state index contributed by atoms with van der Waals surface area (Å²) < 4.78 is 0. The number of aryl methyl sites for hydroxylation is 2. The van der Waals surface area contributed by atoms with Crippen LogP contribution in [0.4, 0.5) is 0 Å². The largest absolute Gasteiger partial charge is 0.308 e. The molecule has 1 aliphatic carbocycles. The summed E-state index contributed by atoms with van der Waals surface area (Å²) in [6.07, 6.45) is 0. The van der Waals surface area contributed by atoms with E-state index in [4.69, 9.17) is 0 Å². The maximum Gasteiger partial charge on any atom is 0.0524 e. The molecule has 2 N–H and O–H groups in total. The molecule has 2 aromatic carbocycles. The van der Waals surface area contributed by atoms with Crippen molar-refractivity contribution in [1.29, 1.82) is 0 Å². The Morgan fingerprint density at radius 1 is 0.692 bits per heavy atom. The van der Waals surface area contributed by atoms with E-state index >= 15 is 0 Å². The van der Waals surface area contributed by atoms with Crippen molar-refractivity contribution in [3.8, 4) is 11.1 Å². The van der Waals surface area contributed by atoms with E-state index in [9.17, 15) is 0 Å². The zero-order valence-corrected chi connectivity index (χ0v) is 17.2. The van der Waals surface area contributed by atoms with Crippen LogP contribution in [-0.4, -0.2) is 13.1 Å². The molecule has 0 saturated carbocycles. The fourth-order valence-electron chi connectivity index (χ4n) is 4.12. The van der Waals surface area contributed by atoms with Crippen LogP contribution < -0.4 is 10.6 Å². The van der Waals surface area contributed by atoms with Gasteiger partial charge in [0, 0.05) is 0 Å². The number of fused-ring (bicyclic) bond motifs is 3. The SMILES string of the molecule is Cc1cccc2c1-c1c(C)cccc1[C@H](NCC(C)C)[C@H]2NCC(C)C. The summed E-state index contributed by atoms with van der Waals surface area (Å²) in [6.45, 7) is 15.7. The van der Waals surface area contributed by atoms with Gasteiger partial charge >= 0.3 is 0 Å². The molecule has 0 aliphatic heterocycles. The summed E-state index contributed by atoms with van der Waals surface area (Å²) in [4.78, 5) is 0. The Morgan fingerprint density at radius 2 is 1.08 bits per heavy atom. The molecule has 2 atom stereocenters. The smallest absolute Gasteiger partial charge is 0.0524 e. The average molecular weight is 351 g/mol. The molecule has 0 amide bonds. The van der Waals surface area contributed by atoms with E-state index in [0.29, 0.717) is 23.9 Å². The van der Waals surface area contributed by atoms with Gasteiger partial charge in [-0.3, -0.25) is 0 Å². The maximum atomic E-state index is 3.88. The highest BCUT2D eigenvalue weighted by Gasteiger charge is 2.34. The van der Waals surface area contributed by atoms with Gasteiger partial charge in [0.05, 0.1) is 12.1 Å². The van der Waals surface area contributed by atoms with Crippen LogP contribution in [0.5, 0.6) is 0 Å². The lowest BCUT2D eigenvalue weighted by Gasteiger charge is -2.39. The van der Waals surface area contributed by atoms with Crippen LogP contribution in [0, 0.1) is 25.7 Å². The minimum absolute atomic E-state index is 0.306. The number of hydrogen-bond donors (Lipinski definition) is 2. The van der Waals surface area contributed by atoms with Crippen molar-refractivity contribution in [1.82, 2.24) is 10.6 Å². The summed E-state index contributed by atoms with van der Waals surface area (Å²) in [7, 11) is 0. The molecular formula is C24H34N2. The Labute approximate surface area is 159 Å². The highest BCUT2D eigenvalue weighted by atomic mass is 15.0. The monoisotopic (exact) mass is 350 g/mol. The van der Waals surface area contributed by atoms with Crippen molar-refractivity contribution in [2.75, 3.05) is 13.1 Å². The van der Waals surface area contributed by atoms with E-state index in [1.165, 1.54) is 33.4 Å². The van der Waals surface area contributed by atoms with Crippen molar-refractivity contribution in [2.45, 2.75) is 53.6 Å². The second kappa shape index (κ2) is 7.94. The van der Waals surface area contributed by atoms with Crippen LogP contribution in [0.15, 0.2) is 36.4 Å². The fraction of sp³-hybridized carbons (Fsp3) is 0.500. The Morgan fingerprint density at radius 3 is 1.42 bits per heavy atom. The van der Waals surface area contributed by atoms with E-state index < -0.39 is 0 Å². The molecule has 0 saturated heterocycles. The molecule has 2 nitrogen and oxygen atoms in total. The third-order valence-corrected chi connectivity index (χ3v) is 5.36. The van der Waals surface area contributed by atoms with E-state index in [0.717, 1.165) is 13.1 Å². The maximum absolute atomic E-state index is 3.88. The molecule has 0 unspecified atom stereocenters. The van der Waals surface area contributed by atoms with Gasteiger partial charge in [-0.2, -0.15) is 0 Å². The molecule has 0 radical (unpaired) electrons. The summed E-state index contributed by atoms with van der Waals surface area (Å²) in [5.74, 6) is 1.26. The first-order valence-corrected chi connectivity index (χ1v) is 10.1. The lowest BCUT2D eigenvalue weighted by atomic mass is 9.75. The van der Waals surface area contributed by atoms with Crippen LogP contribution in [0.2, 0.25) is 0 Å². The highest BCUT2D eigenvalue weighted by molar-refractivity contribution is 5.80. The standard InChI is InChI=1S/C24H34N2/c1-15(2)13-25-23-19-11-7-9-17(5)21(19)22-18(6)10-8-12-20(22)24(23)26-14-16(3)4/h7-12,15-16,23-26H,13-14H2,1-6H3/t23-,24-/m0/s1. The normalized spacial score (nSPS) is 18.9. The first-order valence-electron chi connectivity index (χ1n) is 10.1. The molecule has 0 heterocycles. The second-order valence-corrected chi connectivity index (χ2v) is 8.64. The first-order chi connectivity index (χ1) is 12.4. The van der Waals surface area contributed by atoms with Crippen molar-refractivity contribution in [3.05, 3.63) is 58.7 Å². The molecular weight excluding hydrogens is 316 g/mol. The van der Waals surface area contributed by atoms with Crippen molar-refractivity contribution < 1.29 is 0 Å². The number of benzene rings is 2. The molecule has 0 aromatic heterocycles. The van der Waals surface area contributed by atoms with Crippen LogP contribution >= 0.6 is 0 Å². The van der Waals surface area contributed by atoms with Crippen molar-refractivity contribution >= 4 is 0 Å². The van der Waals surface area contributed by atoms with Gasteiger partial charge < -0.3 is 10.6 Å². The summed E-state index contributed by atoms with van der Waals surface area (Å²) in [6, 6.07) is 14.2. The minimum Gasteiger partial charge on any atom is -0.308 e. The fourth-order valence-corrected chi connectivity index (χ4v) is 4.12. The molecule has 26 heavy (non-hydrogen) atoms. The summed E-state index contributed by atoms with van der Waals surface area (Å²) in [5, 5.41) is 7.75. The van der Waals surface area contributed by atoms with E-state index in [1.54, 1.807) is 0 Å². The summed E-state index contributed by atoms with van der Waals surface area (Å²) >= 11 is 0. The Kier molecular flexibility index (Phi) is 5.84. The molecule has 2 aromatic rings. The molecule has 1 aliphatic rings. The van der Waals surface area contributed by atoms with Crippen LogP contribution in [0.1, 0.15) is 62.0 Å². The predicted octanol–water partition coefficient (Wildman–Crippen LogP) is 5.56. The zero-order chi connectivity index (χ0) is 18.8. The lowest BCUT2D eigenvalue weighted by molar-refractivity contribution is 0.350. The van der Waals surface area contributed by atoms with Gasteiger partial charge in [0.1, 0.15) is 0 Å². The van der Waals surface area contributed by atoms with E-state index in [1.807, 2.05) is 0 Å². The Hall–Kier alpha value is -1.64. The van der Waals surface area contributed by atoms with E-state index in [-0.39, 0.29) is 0 Å². The Balaban J connectivity index is 2.14. The molecule has 2 heteroatoms. The molecule has 0 bridgehead atoms. The molecule has 0 fully saturated rings. The third-order valence-electron chi connectivity index (χ3n) is 5.36. The quantitative estimate of drug-likeness (QED) is 0.713. The van der Waals surface area contributed by atoms with Gasteiger partial charge in [-0.25, -0.2) is 0 Å². The van der Waals surface area contributed by atoms with Gasteiger partial charge in [0.25, 0.3) is 0 Å². The van der Waals surface area contributed by atoms with Crippen LogP contribution in [0.3, 0.4) is 0 Å². The Bertz CT molecular complexity index is 695. The predicted molar refractivity (Wildman–Crippen MR) is 113 cm³/mol. The number of hydrogen-bond acceptors (Lipinski definition) is 2. The van der Waals surface area contributed by atoms with Gasteiger partial charge in [-0.1, -0.05) is 64.1 Å². The first kappa shape index (κ1) is 19.1. The zero-order valence-electron chi connectivity index (χ0n) is 17.2. The third kappa shape index (κ3) is 3.72. The number of nitrogens with one attached hydrogen (secondary N) is 2. The van der Waals surface area contributed by atoms with Crippen LogP contribution in [-0.2, 0) is 0 Å². The van der Waals surface area contributed by atoms with Gasteiger partial charge in [0.15, 0.2) is 0 Å². The second-order valence-electron chi connectivity index (χ2n) is 8.64. The minimum atomic E-state index is 0.306. The molecule has 140 valence electrons. The topological polar surface area (TPSA) is 24.1 Å². The van der Waals surface area contributed by atoms with Gasteiger partial charge in [-0.05, 0) is 72.2 Å². The number of rotatable bonds is 6. The van der Waals surface area contributed by atoms with Crippen molar-refractivity contribution in [3.63, 3.8) is 0 Å².